The van der Waals surface area contributed by atoms with E-state index in [1.54, 1.807) is 6.07 Å². The Bertz CT molecular complexity index is 803. The maximum absolute atomic E-state index is 12.1. The van der Waals surface area contributed by atoms with Gasteiger partial charge in [-0.1, -0.05) is 11.6 Å². The standard InChI is InChI=1S/C13H10ClN3O5/c1-22-13(19)9-4-11(17(20)21)12(18)16(7-9)6-8-2-3-15-5-10(8)14/h2-5,7H,6H2,1H3. The van der Waals surface area contributed by atoms with Gasteiger partial charge < -0.3 is 9.30 Å². The van der Waals surface area contributed by atoms with Crippen LogP contribution in [0.15, 0.2) is 35.5 Å². The smallest absolute Gasteiger partial charge is 0.339 e. The maximum Gasteiger partial charge on any atom is 0.339 e. The number of hydrogen-bond acceptors (Lipinski definition) is 6. The highest BCUT2D eigenvalue weighted by Crippen LogP contribution is 2.16. The van der Waals surface area contributed by atoms with Gasteiger partial charge in [0.05, 0.1) is 29.2 Å². The van der Waals surface area contributed by atoms with Crippen molar-refractivity contribution < 1.29 is 14.5 Å². The van der Waals surface area contributed by atoms with Crippen molar-refractivity contribution in [3.63, 3.8) is 0 Å². The molecule has 0 aromatic carbocycles. The fraction of sp³-hybridized carbons (Fsp3) is 0.154. The van der Waals surface area contributed by atoms with Gasteiger partial charge in [0.1, 0.15) is 0 Å². The molecule has 2 rings (SSSR count). The van der Waals surface area contributed by atoms with Crippen LogP contribution in [-0.4, -0.2) is 27.6 Å². The number of carbonyl (C=O) groups excluding carboxylic acids is 1. The maximum atomic E-state index is 12.1. The quantitative estimate of drug-likeness (QED) is 0.481. The van der Waals surface area contributed by atoms with E-state index in [-0.39, 0.29) is 12.1 Å². The summed E-state index contributed by atoms with van der Waals surface area (Å²) < 4.78 is 5.56. The number of carbonyl (C=O) groups is 1. The minimum absolute atomic E-state index is 0.0359. The summed E-state index contributed by atoms with van der Waals surface area (Å²) in [5.74, 6) is -0.780. The van der Waals surface area contributed by atoms with Gasteiger partial charge in [0.15, 0.2) is 0 Å². The average Bonchev–Trinajstić information content (AvgIpc) is 2.50. The van der Waals surface area contributed by atoms with E-state index in [1.807, 2.05) is 0 Å². The molecule has 9 heteroatoms. The van der Waals surface area contributed by atoms with Gasteiger partial charge >= 0.3 is 17.2 Å². The number of nitro groups is 1. The monoisotopic (exact) mass is 323 g/mol. The van der Waals surface area contributed by atoms with Crippen LogP contribution >= 0.6 is 11.6 Å². The second kappa shape index (κ2) is 6.35. The average molecular weight is 324 g/mol. The Hall–Kier alpha value is -2.74. The van der Waals surface area contributed by atoms with E-state index in [9.17, 15) is 19.7 Å². The van der Waals surface area contributed by atoms with Crippen LogP contribution in [0.4, 0.5) is 5.69 Å². The van der Waals surface area contributed by atoms with Crippen molar-refractivity contribution in [2.24, 2.45) is 0 Å². The Morgan fingerprint density at radius 3 is 2.86 bits per heavy atom. The highest BCUT2D eigenvalue weighted by atomic mass is 35.5. The number of halogens is 1. The summed E-state index contributed by atoms with van der Waals surface area (Å²) in [5.41, 5.74) is -1.12. The lowest BCUT2D eigenvalue weighted by Crippen LogP contribution is -2.24. The van der Waals surface area contributed by atoms with Gasteiger partial charge in [-0.25, -0.2) is 4.79 Å². The molecular weight excluding hydrogens is 314 g/mol. The number of hydrogen-bond donors (Lipinski definition) is 0. The number of esters is 1. The number of pyridine rings is 2. The van der Waals surface area contributed by atoms with Crippen LogP contribution in [0.1, 0.15) is 15.9 Å². The number of ether oxygens (including phenoxy) is 1. The molecule has 0 saturated heterocycles. The van der Waals surface area contributed by atoms with Crippen molar-refractivity contribution in [2.45, 2.75) is 6.54 Å². The van der Waals surface area contributed by atoms with Crippen molar-refractivity contribution in [1.82, 2.24) is 9.55 Å². The van der Waals surface area contributed by atoms with Gasteiger partial charge in [0.2, 0.25) is 0 Å². The Balaban J connectivity index is 2.57. The largest absolute Gasteiger partial charge is 0.465 e. The van der Waals surface area contributed by atoms with Gasteiger partial charge in [-0.2, -0.15) is 0 Å². The van der Waals surface area contributed by atoms with E-state index in [0.717, 1.165) is 17.7 Å². The van der Waals surface area contributed by atoms with Crippen molar-refractivity contribution in [1.29, 1.82) is 0 Å². The van der Waals surface area contributed by atoms with Crippen LogP contribution in [0.25, 0.3) is 0 Å². The van der Waals surface area contributed by atoms with Gasteiger partial charge in [0.25, 0.3) is 0 Å². The summed E-state index contributed by atoms with van der Waals surface area (Å²) in [5, 5.41) is 11.3. The lowest BCUT2D eigenvalue weighted by atomic mass is 10.2. The number of methoxy groups -OCH3 is 1. The Morgan fingerprint density at radius 2 is 2.27 bits per heavy atom. The summed E-state index contributed by atoms with van der Waals surface area (Å²) in [6.07, 6.45) is 4.06. The molecule has 0 unspecified atom stereocenters. The summed E-state index contributed by atoms with van der Waals surface area (Å²) in [6.45, 7) is -0.0359. The molecule has 2 aromatic heterocycles. The Kier molecular flexibility index (Phi) is 4.52. The lowest BCUT2D eigenvalue weighted by molar-refractivity contribution is -0.386. The second-order valence-corrected chi connectivity index (χ2v) is 4.67. The van der Waals surface area contributed by atoms with Crippen molar-refractivity contribution in [3.8, 4) is 0 Å². The number of rotatable bonds is 4. The highest BCUT2D eigenvalue weighted by Gasteiger charge is 2.20. The molecule has 0 bridgehead atoms. The van der Waals surface area contributed by atoms with Crippen molar-refractivity contribution >= 4 is 23.3 Å². The molecule has 0 aliphatic rings. The van der Waals surface area contributed by atoms with Crippen LogP contribution < -0.4 is 5.56 Å². The normalized spacial score (nSPS) is 10.3. The molecule has 0 N–H and O–H groups in total. The van der Waals surface area contributed by atoms with Crippen molar-refractivity contribution in [2.75, 3.05) is 7.11 Å². The third kappa shape index (κ3) is 3.12. The minimum atomic E-state index is -0.848. The molecule has 0 saturated carbocycles. The highest BCUT2D eigenvalue weighted by molar-refractivity contribution is 6.31. The third-order valence-corrected chi connectivity index (χ3v) is 3.22. The van der Waals surface area contributed by atoms with Crippen molar-refractivity contribution in [3.05, 3.63) is 67.3 Å². The van der Waals surface area contributed by atoms with Crippen LogP contribution in [-0.2, 0) is 11.3 Å². The number of aromatic nitrogens is 2. The molecule has 2 aromatic rings. The molecule has 22 heavy (non-hydrogen) atoms. The summed E-state index contributed by atoms with van der Waals surface area (Å²) in [6, 6.07) is 2.46. The van der Waals surface area contributed by atoms with Gasteiger partial charge in [0, 0.05) is 24.7 Å². The summed E-state index contributed by atoms with van der Waals surface area (Å²) in [4.78, 5) is 37.6. The SMILES string of the molecule is COC(=O)c1cc([N+](=O)[O-])c(=O)n(Cc2ccncc2Cl)c1. The Labute approximate surface area is 129 Å². The molecule has 0 aliphatic carbocycles. The summed E-state index contributed by atoms with van der Waals surface area (Å²) in [7, 11) is 1.14. The molecule has 0 spiro atoms. The Morgan fingerprint density at radius 1 is 1.55 bits per heavy atom. The fourth-order valence-corrected chi connectivity index (χ4v) is 1.99. The number of nitrogens with zero attached hydrogens (tertiary/aromatic N) is 3. The molecular formula is C13H10ClN3O5. The predicted octanol–water partition coefficient (Wildman–Crippen LogP) is 1.64. The first-order valence-electron chi connectivity index (χ1n) is 5.99. The van der Waals surface area contributed by atoms with E-state index >= 15 is 0 Å². The van der Waals surface area contributed by atoms with E-state index in [1.165, 1.54) is 18.6 Å². The third-order valence-electron chi connectivity index (χ3n) is 2.88. The first kappa shape index (κ1) is 15.6. The van der Waals surface area contributed by atoms with Crippen LogP contribution in [0.2, 0.25) is 5.02 Å². The second-order valence-electron chi connectivity index (χ2n) is 4.26. The van der Waals surface area contributed by atoms with Gasteiger partial charge in [-0.05, 0) is 11.6 Å². The fourth-order valence-electron chi connectivity index (χ4n) is 1.81. The molecule has 0 amide bonds. The molecule has 8 nitrogen and oxygen atoms in total. The first-order valence-corrected chi connectivity index (χ1v) is 6.37. The van der Waals surface area contributed by atoms with Gasteiger partial charge in [-0.15, -0.1) is 0 Å². The van der Waals surface area contributed by atoms with Crippen LogP contribution in [0, 0.1) is 10.1 Å². The molecule has 0 aliphatic heterocycles. The van der Waals surface area contributed by atoms with E-state index < -0.39 is 22.1 Å². The molecule has 2 heterocycles. The molecule has 0 fully saturated rings. The zero-order chi connectivity index (χ0) is 16.3. The zero-order valence-corrected chi connectivity index (χ0v) is 12.1. The minimum Gasteiger partial charge on any atom is -0.465 e. The van der Waals surface area contributed by atoms with Crippen LogP contribution in [0.3, 0.4) is 0 Å². The molecule has 114 valence electrons. The van der Waals surface area contributed by atoms with E-state index in [4.69, 9.17) is 11.6 Å². The first-order chi connectivity index (χ1) is 10.4. The topological polar surface area (TPSA) is 104 Å². The molecule has 0 radical (unpaired) electrons. The van der Waals surface area contributed by atoms with Crippen LogP contribution in [0.5, 0.6) is 0 Å². The van der Waals surface area contributed by atoms with E-state index in [2.05, 4.69) is 9.72 Å². The molecule has 0 atom stereocenters. The predicted molar refractivity (Wildman–Crippen MR) is 77.0 cm³/mol. The zero-order valence-electron chi connectivity index (χ0n) is 11.4. The van der Waals surface area contributed by atoms with Gasteiger partial charge in [-0.3, -0.25) is 19.9 Å². The summed E-state index contributed by atoms with van der Waals surface area (Å²) >= 11 is 5.96. The van der Waals surface area contributed by atoms with E-state index in [0.29, 0.717) is 10.6 Å². The lowest BCUT2D eigenvalue weighted by Gasteiger charge is -2.09.